The Morgan fingerprint density at radius 1 is 1.18 bits per heavy atom. The lowest BCUT2D eigenvalue weighted by Crippen LogP contribution is -2.08. The van der Waals surface area contributed by atoms with Crippen molar-refractivity contribution in [1.29, 1.82) is 0 Å². The van der Waals surface area contributed by atoms with Crippen molar-refractivity contribution in [3.63, 3.8) is 0 Å². The summed E-state index contributed by atoms with van der Waals surface area (Å²) >= 11 is 0. The summed E-state index contributed by atoms with van der Waals surface area (Å²) < 4.78 is 5.15. The molecule has 0 heterocycles. The van der Waals surface area contributed by atoms with Gasteiger partial charge in [0.15, 0.2) is 0 Å². The molecule has 1 rings (SSSR count). The van der Waals surface area contributed by atoms with Gasteiger partial charge in [-0.2, -0.15) is 0 Å². The fraction of sp³-hybridized carbons (Fsp3) is 0.533. The zero-order chi connectivity index (χ0) is 12.5. The number of hydrogen-bond donors (Lipinski definition) is 0. The highest BCUT2D eigenvalue weighted by atomic mass is 16.5. The van der Waals surface area contributed by atoms with E-state index in [2.05, 4.69) is 31.2 Å². The molecule has 0 aliphatic carbocycles. The number of ether oxygens (including phenoxy) is 1. The van der Waals surface area contributed by atoms with Crippen molar-refractivity contribution in [1.82, 2.24) is 0 Å². The van der Waals surface area contributed by atoms with E-state index in [0.29, 0.717) is 18.9 Å². The van der Waals surface area contributed by atoms with E-state index in [4.69, 9.17) is 4.74 Å². The van der Waals surface area contributed by atoms with Gasteiger partial charge in [0.2, 0.25) is 0 Å². The van der Waals surface area contributed by atoms with E-state index in [1.54, 1.807) is 0 Å². The van der Waals surface area contributed by atoms with E-state index in [-0.39, 0.29) is 5.97 Å². The maximum atomic E-state index is 11.1. The molecule has 0 bridgehead atoms. The number of benzene rings is 1. The molecule has 2 heteroatoms. The molecule has 1 aromatic carbocycles. The van der Waals surface area contributed by atoms with E-state index in [1.165, 1.54) is 5.56 Å². The summed E-state index contributed by atoms with van der Waals surface area (Å²) in [6, 6.07) is 10.5. The van der Waals surface area contributed by atoms with Crippen molar-refractivity contribution in [2.24, 2.45) is 0 Å². The molecule has 0 aliphatic rings. The van der Waals surface area contributed by atoms with Crippen molar-refractivity contribution in [3.05, 3.63) is 35.9 Å². The van der Waals surface area contributed by atoms with Gasteiger partial charge >= 0.3 is 5.97 Å². The van der Waals surface area contributed by atoms with E-state index >= 15 is 0 Å². The van der Waals surface area contributed by atoms with Crippen molar-refractivity contribution in [2.75, 3.05) is 6.61 Å². The monoisotopic (exact) mass is 234 g/mol. The van der Waals surface area contributed by atoms with Crippen molar-refractivity contribution in [2.45, 2.75) is 45.4 Å². The fourth-order valence-electron chi connectivity index (χ4n) is 1.97. The first kappa shape index (κ1) is 13.8. The molecule has 0 aliphatic heterocycles. The zero-order valence-electron chi connectivity index (χ0n) is 10.8. The summed E-state index contributed by atoms with van der Waals surface area (Å²) in [6.45, 7) is 4.54. The van der Waals surface area contributed by atoms with E-state index < -0.39 is 0 Å². The maximum absolute atomic E-state index is 11.1. The number of hydrogen-bond acceptors (Lipinski definition) is 2. The maximum Gasteiger partial charge on any atom is 0.305 e. The minimum absolute atomic E-state index is 0.103. The average Bonchev–Trinajstić information content (AvgIpc) is 2.38. The van der Waals surface area contributed by atoms with Crippen LogP contribution >= 0.6 is 0 Å². The summed E-state index contributed by atoms with van der Waals surface area (Å²) in [5, 5.41) is 0. The highest BCUT2D eigenvalue weighted by molar-refractivity contribution is 5.68. The van der Waals surface area contributed by atoms with Gasteiger partial charge in [0.05, 0.1) is 6.61 Å². The van der Waals surface area contributed by atoms with Gasteiger partial charge in [-0.3, -0.25) is 4.79 Å². The third-order valence-electron chi connectivity index (χ3n) is 2.93. The molecule has 0 spiro atoms. The molecule has 0 aromatic heterocycles. The van der Waals surface area contributed by atoms with Crippen LogP contribution in [0, 0.1) is 0 Å². The summed E-state index contributed by atoms with van der Waals surface area (Å²) in [5.74, 6) is 0.402. The predicted molar refractivity (Wildman–Crippen MR) is 70.0 cm³/mol. The number of carbonyl (C=O) groups excluding carboxylic acids is 1. The Labute approximate surface area is 104 Å². The normalized spacial score (nSPS) is 12.1. The fourth-order valence-corrected chi connectivity index (χ4v) is 1.97. The van der Waals surface area contributed by atoms with Crippen molar-refractivity contribution in [3.8, 4) is 0 Å². The summed E-state index contributed by atoms with van der Waals surface area (Å²) in [5.41, 5.74) is 1.35. The van der Waals surface area contributed by atoms with Gasteiger partial charge in [-0.25, -0.2) is 0 Å². The lowest BCUT2D eigenvalue weighted by atomic mass is 9.92. The molecule has 1 aromatic rings. The lowest BCUT2D eigenvalue weighted by Gasteiger charge is -2.16. The van der Waals surface area contributed by atoms with Crippen LogP contribution in [0.3, 0.4) is 0 Å². The second kappa shape index (κ2) is 7.88. The molecule has 2 nitrogen and oxygen atoms in total. The number of carbonyl (C=O) groups is 1. The third-order valence-corrected chi connectivity index (χ3v) is 2.93. The first-order valence-corrected chi connectivity index (χ1v) is 6.48. The summed E-state index contributed by atoms with van der Waals surface area (Å²) in [7, 11) is 0. The van der Waals surface area contributed by atoms with Crippen LogP contribution in [0.1, 0.15) is 51.0 Å². The van der Waals surface area contributed by atoms with E-state index in [9.17, 15) is 4.79 Å². The summed E-state index contributed by atoms with van der Waals surface area (Å²) in [4.78, 5) is 11.1. The molecule has 0 N–H and O–H groups in total. The zero-order valence-corrected chi connectivity index (χ0v) is 10.8. The highest BCUT2D eigenvalue weighted by Crippen LogP contribution is 2.24. The van der Waals surface area contributed by atoms with Crippen molar-refractivity contribution < 1.29 is 9.53 Å². The molecular formula is C15H22O2. The van der Waals surface area contributed by atoms with Crippen LogP contribution in [-0.4, -0.2) is 12.6 Å². The smallest absolute Gasteiger partial charge is 0.305 e. The Morgan fingerprint density at radius 2 is 1.88 bits per heavy atom. The van der Waals surface area contributed by atoms with Gasteiger partial charge < -0.3 is 4.74 Å². The first-order chi connectivity index (χ1) is 8.27. The molecule has 0 amide bonds. The lowest BCUT2D eigenvalue weighted by molar-refractivity contribution is -0.143. The molecule has 17 heavy (non-hydrogen) atoms. The Balaban J connectivity index is 2.47. The quantitative estimate of drug-likeness (QED) is 0.668. The molecule has 0 fully saturated rings. The Kier molecular flexibility index (Phi) is 6.38. The number of rotatable bonds is 7. The Morgan fingerprint density at radius 3 is 2.47 bits per heavy atom. The molecule has 0 saturated heterocycles. The number of esters is 1. The standard InChI is InChI=1S/C15H22O2/c1-3-8-13(11-12-17-15(16)4-2)14-9-6-5-7-10-14/h5-7,9-10,13H,3-4,8,11-12H2,1-2H3. The van der Waals surface area contributed by atoms with E-state index in [0.717, 1.165) is 19.3 Å². The molecule has 94 valence electrons. The molecule has 0 saturated carbocycles. The van der Waals surface area contributed by atoms with Crippen LogP contribution in [0.25, 0.3) is 0 Å². The van der Waals surface area contributed by atoms with Crippen LogP contribution in [0.2, 0.25) is 0 Å². The van der Waals surface area contributed by atoms with Crippen LogP contribution in [0.4, 0.5) is 0 Å². The minimum atomic E-state index is -0.103. The van der Waals surface area contributed by atoms with Crippen molar-refractivity contribution >= 4 is 5.97 Å². The molecule has 0 radical (unpaired) electrons. The van der Waals surface area contributed by atoms with Crippen LogP contribution in [0.15, 0.2) is 30.3 Å². The second-order valence-corrected chi connectivity index (χ2v) is 4.26. The predicted octanol–water partition coefficient (Wildman–Crippen LogP) is 3.91. The second-order valence-electron chi connectivity index (χ2n) is 4.26. The average molecular weight is 234 g/mol. The highest BCUT2D eigenvalue weighted by Gasteiger charge is 2.11. The van der Waals surface area contributed by atoms with Gasteiger partial charge in [0.1, 0.15) is 0 Å². The SMILES string of the molecule is CCCC(CCOC(=O)CC)c1ccccc1. The van der Waals surface area contributed by atoms with Crippen LogP contribution < -0.4 is 0 Å². The van der Waals surface area contributed by atoms with Gasteiger partial charge in [-0.05, 0) is 24.3 Å². The minimum Gasteiger partial charge on any atom is -0.466 e. The first-order valence-electron chi connectivity index (χ1n) is 6.48. The Hall–Kier alpha value is -1.31. The largest absolute Gasteiger partial charge is 0.466 e. The molecular weight excluding hydrogens is 212 g/mol. The van der Waals surface area contributed by atoms with Gasteiger partial charge in [0, 0.05) is 6.42 Å². The van der Waals surface area contributed by atoms with E-state index in [1.807, 2.05) is 13.0 Å². The third kappa shape index (κ3) is 5.03. The topological polar surface area (TPSA) is 26.3 Å². The summed E-state index contributed by atoms with van der Waals surface area (Å²) in [6.07, 6.45) is 3.68. The van der Waals surface area contributed by atoms with Gasteiger partial charge in [0.25, 0.3) is 0 Å². The molecule has 1 atom stereocenters. The van der Waals surface area contributed by atoms with Crippen LogP contribution in [-0.2, 0) is 9.53 Å². The Bertz CT molecular complexity index is 319. The van der Waals surface area contributed by atoms with Gasteiger partial charge in [-0.1, -0.05) is 50.6 Å². The molecule has 1 unspecified atom stereocenters. The van der Waals surface area contributed by atoms with Crippen LogP contribution in [0.5, 0.6) is 0 Å². The van der Waals surface area contributed by atoms with Gasteiger partial charge in [-0.15, -0.1) is 0 Å².